The standard InChI is InChI=1S/C18H15ClN2O3/c1-11(22)21-16(12-2-5-14(19)6-3-12)9-15(20-21)13-4-7-17-18(8-13)24-10-23-17/h2-8,16H,9-10H2,1H3. The largest absolute Gasteiger partial charge is 0.454 e. The molecule has 1 atom stereocenters. The van der Waals surface area contributed by atoms with Gasteiger partial charge in [0.2, 0.25) is 12.7 Å². The Hall–Kier alpha value is -2.53. The fourth-order valence-electron chi connectivity index (χ4n) is 3.00. The number of carbonyl (C=O) groups excluding carboxylic acids is 1. The van der Waals surface area contributed by atoms with Gasteiger partial charge < -0.3 is 9.47 Å². The molecule has 0 spiro atoms. The van der Waals surface area contributed by atoms with E-state index in [0.29, 0.717) is 17.2 Å². The van der Waals surface area contributed by atoms with Crippen LogP contribution in [-0.2, 0) is 4.79 Å². The van der Waals surface area contributed by atoms with Crippen LogP contribution in [0.3, 0.4) is 0 Å². The Morgan fingerprint density at radius 2 is 1.92 bits per heavy atom. The van der Waals surface area contributed by atoms with Gasteiger partial charge in [-0.15, -0.1) is 0 Å². The van der Waals surface area contributed by atoms with Gasteiger partial charge in [0.25, 0.3) is 0 Å². The number of nitrogens with zero attached hydrogens (tertiary/aromatic N) is 2. The maximum Gasteiger partial charge on any atom is 0.240 e. The third-order valence-electron chi connectivity index (χ3n) is 4.19. The summed E-state index contributed by atoms with van der Waals surface area (Å²) >= 11 is 5.96. The van der Waals surface area contributed by atoms with Crippen LogP contribution >= 0.6 is 11.6 Å². The molecule has 2 heterocycles. The highest BCUT2D eigenvalue weighted by atomic mass is 35.5. The van der Waals surface area contributed by atoms with Crippen molar-refractivity contribution in [2.45, 2.75) is 19.4 Å². The summed E-state index contributed by atoms with van der Waals surface area (Å²) in [5.41, 5.74) is 2.79. The Morgan fingerprint density at radius 3 is 2.67 bits per heavy atom. The van der Waals surface area contributed by atoms with Gasteiger partial charge in [0.1, 0.15) is 0 Å². The molecule has 0 aromatic heterocycles. The number of benzene rings is 2. The lowest BCUT2D eigenvalue weighted by Gasteiger charge is -2.20. The minimum atomic E-state index is -0.125. The molecule has 2 aliphatic heterocycles. The van der Waals surface area contributed by atoms with Gasteiger partial charge in [-0.05, 0) is 35.9 Å². The fourth-order valence-corrected chi connectivity index (χ4v) is 3.12. The van der Waals surface area contributed by atoms with Crippen molar-refractivity contribution in [3.8, 4) is 11.5 Å². The van der Waals surface area contributed by atoms with Crippen LogP contribution in [0.5, 0.6) is 11.5 Å². The Morgan fingerprint density at radius 1 is 1.17 bits per heavy atom. The lowest BCUT2D eigenvalue weighted by atomic mass is 9.98. The SMILES string of the molecule is CC(=O)N1N=C(c2ccc3c(c2)OCO3)CC1c1ccc(Cl)cc1. The van der Waals surface area contributed by atoms with Crippen LogP contribution in [0, 0.1) is 0 Å². The Labute approximate surface area is 144 Å². The zero-order chi connectivity index (χ0) is 16.7. The van der Waals surface area contributed by atoms with Gasteiger partial charge in [-0.2, -0.15) is 5.10 Å². The monoisotopic (exact) mass is 342 g/mol. The molecule has 0 aliphatic carbocycles. The molecule has 5 nitrogen and oxygen atoms in total. The molecule has 6 heteroatoms. The van der Waals surface area contributed by atoms with Gasteiger partial charge >= 0.3 is 0 Å². The molecule has 1 amide bonds. The molecule has 2 aliphatic rings. The predicted octanol–water partition coefficient (Wildman–Crippen LogP) is 3.77. The number of fused-ring (bicyclic) bond motifs is 1. The average Bonchev–Trinajstić information content (AvgIpc) is 3.21. The molecule has 122 valence electrons. The van der Waals surface area contributed by atoms with Crippen LogP contribution in [0.25, 0.3) is 0 Å². The van der Waals surface area contributed by atoms with Crippen molar-refractivity contribution in [1.82, 2.24) is 5.01 Å². The first-order chi connectivity index (χ1) is 11.6. The first-order valence-electron chi connectivity index (χ1n) is 7.64. The Kier molecular flexibility index (Phi) is 3.65. The molecule has 0 fully saturated rings. The number of hydrazone groups is 1. The summed E-state index contributed by atoms with van der Waals surface area (Å²) in [5.74, 6) is 1.35. The van der Waals surface area contributed by atoms with Gasteiger partial charge in [0.15, 0.2) is 11.5 Å². The van der Waals surface area contributed by atoms with Gasteiger partial charge in [-0.25, -0.2) is 5.01 Å². The number of carbonyl (C=O) groups is 1. The van der Waals surface area contributed by atoms with Gasteiger partial charge in [-0.3, -0.25) is 4.79 Å². The van der Waals surface area contributed by atoms with E-state index in [-0.39, 0.29) is 18.7 Å². The quantitative estimate of drug-likeness (QED) is 0.834. The summed E-state index contributed by atoms with van der Waals surface area (Å²) in [6.07, 6.45) is 0.640. The van der Waals surface area contributed by atoms with Crippen LogP contribution in [-0.4, -0.2) is 23.4 Å². The fraction of sp³-hybridized carbons (Fsp3) is 0.222. The maximum atomic E-state index is 12.0. The highest BCUT2D eigenvalue weighted by Crippen LogP contribution is 2.37. The molecule has 24 heavy (non-hydrogen) atoms. The smallest absolute Gasteiger partial charge is 0.240 e. The summed E-state index contributed by atoms with van der Waals surface area (Å²) < 4.78 is 10.8. The van der Waals surface area contributed by atoms with E-state index in [4.69, 9.17) is 21.1 Å². The minimum Gasteiger partial charge on any atom is -0.454 e. The summed E-state index contributed by atoms with van der Waals surface area (Å²) in [6, 6.07) is 13.1. The van der Waals surface area contributed by atoms with Crippen LogP contribution in [0.1, 0.15) is 30.5 Å². The van der Waals surface area contributed by atoms with Crippen molar-refractivity contribution in [2.24, 2.45) is 5.10 Å². The van der Waals surface area contributed by atoms with Crippen molar-refractivity contribution in [2.75, 3.05) is 6.79 Å². The van der Waals surface area contributed by atoms with E-state index in [1.54, 1.807) is 0 Å². The van der Waals surface area contributed by atoms with Crippen LogP contribution in [0.4, 0.5) is 0 Å². The molecule has 2 aromatic carbocycles. The second-order valence-corrected chi connectivity index (χ2v) is 6.19. The first-order valence-corrected chi connectivity index (χ1v) is 8.02. The summed E-state index contributed by atoms with van der Waals surface area (Å²) in [5, 5.41) is 6.73. The lowest BCUT2D eigenvalue weighted by molar-refractivity contribution is -0.130. The number of ether oxygens (including phenoxy) is 2. The molecular formula is C18H15ClN2O3. The van der Waals surface area contributed by atoms with Crippen molar-refractivity contribution < 1.29 is 14.3 Å². The third kappa shape index (κ3) is 2.61. The van der Waals surface area contributed by atoms with Crippen molar-refractivity contribution in [3.05, 3.63) is 58.6 Å². The normalized spacial score (nSPS) is 18.7. The predicted molar refractivity (Wildman–Crippen MR) is 90.4 cm³/mol. The molecular weight excluding hydrogens is 328 g/mol. The molecule has 1 unspecified atom stereocenters. The van der Waals surface area contributed by atoms with E-state index >= 15 is 0 Å². The molecule has 4 rings (SSSR count). The molecule has 0 radical (unpaired) electrons. The van der Waals surface area contributed by atoms with Gasteiger partial charge in [0.05, 0.1) is 11.8 Å². The van der Waals surface area contributed by atoms with Crippen molar-refractivity contribution >= 4 is 23.2 Å². The first kappa shape index (κ1) is 15.0. The molecule has 0 N–H and O–H groups in total. The Bertz CT molecular complexity index is 833. The zero-order valence-corrected chi connectivity index (χ0v) is 13.8. The lowest BCUT2D eigenvalue weighted by Crippen LogP contribution is -2.24. The number of hydrogen-bond donors (Lipinski definition) is 0. The summed E-state index contributed by atoms with van der Waals surface area (Å²) in [4.78, 5) is 12.0. The zero-order valence-electron chi connectivity index (χ0n) is 13.0. The second-order valence-electron chi connectivity index (χ2n) is 5.75. The van der Waals surface area contributed by atoms with Crippen molar-refractivity contribution in [3.63, 3.8) is 0 Å². The number of hydrogen-bond acceptors (Lipinski definition) is 4. The molecule has 0 saturated heterocycles. The van der Waals surface area contributed by atoms with Crippen LogP contribution in [0.2, 0.25) is 5.02 Å². The summed E-state index contributed by atoms with van der Waals surface area (Å²) in [6.45, 7) is 1.76. The van der Waals surface area contributed by atoms with Crippen molar-refractivity contribution in [1.29, 1.82) is 0 Å². The van der Waals surface area contributed by atoms with Crippen LogP contribution in [0.15, 0.2) is 47.6 Å². The topological polar surface area (TPSA) is 51.1 Å². The van der Waals surface area contributed by atoms with Gasteiger partial charge in [-0.1, -0.05) is 23.7 Å². The molecule has 0 saturated carbocycles. The van der Waals surface area contributed by atoms with E-state index < -0.39 is 0 Å². The minimum absolute atomic E-state index is 0.0920. The van der Waals surface area contributed by atoms with Gasteiger partial charge in [0, 0.05) is 23.9 Å². The van der Waals surface area contributed by atoms with Crippen LogP contribution < -0.4 is 9.47 Å². The van der Waals surface area contributed by atoms with E-state index in [2.05, 4.69) is 5.10 Å². The molecule has 2 aromatic rings. The molecule has 0 bridgehead atoms. The average molecular weight is 343 g/mol. The third-order valence-corrected chi connectivity index (χ3v) is 4.45. The second kappa shape index (κ2) is 5.83. The maximum absolute atomic E-state index is 12.0. The number of rotatable bonds is 2. The van der Waals surface area contributed by atoms with E-state index in [9.17, 15) is 4.79 Å². The highest BCUT2D eigenvalue weighted by molar-refractivity contribution is 6.30. The highest BCUT2D eigenvalue weighted by Gasteiger charge is 2.31. The van der Waals surface area contributed by atoms with E-state index in [1.165, 1.54) is 11.9 Å². The Balaban J connectivity index is 1.66. The number of amides is 1. The summed E-state index contributed by atoms with van der Waals surface area (Å²) in [7, 11) is 0. The van der Waals surface area contributed by atoms with E-state index in [0.717, 1.165) is 22.6 Å². The number of halogens is 1. The van der Waals surface area contributed by atoms with E-state index in [1.807, 2.05) is 42.5 Å².